The molecule has 0 aliphatic carbocycles. The van der Waals surface area contributed by atoms with Gasteiger partial charge in [0.1, 0.15) is 11.6 Å². The second-order valence-corrected chi connectivity index (χ2v) is 10.1. The van der Waals surface area contributed by atoms with Crippen LogP contribution in [-0.4, -0.2) is 33.1 Å². The Morgan fingerprint density at radius 1 is 1.29 bits per heavy atom. The van der Waals surface area contributed by atoms with Crippen molar-refractivity contribution in [2.75, 3.05) is 0 Å². The van der Waals surface area contributed by atoms with Crippen molar-refractivity contribution in [2.24, 2.45) is 5.10 Å². The van der Waals surface area contributed by atoms with Crippen LogP contribution in [0, 0.1) is 3.57 Å². The third kappa shape index (κ3) is 5.32. The van der Waals surface area contributed by atoms with Crippen LogP contribution in [0.4, 0.5) is 0 Å². The van der Waals surface area contributed by atoms with Crippen LogP contribution in [0.25, 0.3) is 10.9 Å². The fourth-order valence-electron chi connectivity index (χ4n) is 2.80. The molecule has 0 saturated heterocycles. The van der Waals surface area contributed by atoms with Gasteiger partial charge in [-0.3, -0.25) is 4.79 Å². The molecule has 0 radical (unpaired) electrons. The van der Waals surface area contributed by atoms with Crippen LogP contribution < -0.4 is 10.3 Å². The Labute approximate surface area is 201 Å². The lowest BCUT2D eigenvalue weighted by molar-refractivity contribution is -0.144. The van der Waals surface area contributed by atoms with E-state index < -0.39 is 17.5 Å². The van der Waals surface area contributed by atoms with Gasteiger partial charge >= 0.3 is 5.97 Å². The number of hydrogen-bond acceptors (Lipinski definition) is 5. The molecule has 9 heteroatoms. The van der Waals surface area contributed by atoms with Gasteiger partial charge in [0.25, 0.3) is 5.56 Å². The van der Waals surface area contributed by atoms with E-state index in [2.05, 4.69) is 43.6 Å². The van der Waals surface area contributed by atoms with Crippen LogP contribution in [0.5, 0.6) is 5.75 Å². The zero-order valence-corrected chi connectivity index (χ0v) is 21.1. The van der Waals surface area contributed by atoms with Gasteiger partial charge < -0.3 is 9.84 Å². The van der Waals surface area contributed by atoms with Crippen molar-refractivity contribution in [3.05, 3.63) is 66.2 Å². The molecule has 3 rings (SSSR count). The Bertz CT molecular complexity index is 1250. The van der Waals surface area contributed by atoms with Gasteiger partial charge in [-0.1, -0.05) is 36.7 Å². The molecule has 0 bridgehead atoms. The Morgan fingerprint density at radius 3 is 2.61 bits per heavy atom. The van der Waals surface area contributed by atoms with Crippen molar-refractivity contribution in [1.29, 1.82) is 0 Å². The molecule has 2 aromatic carbocycles. The number of aliphatic carboxylic acids is 1. The SMILES string of the molecule is C[C@@H](Oc1ccc(C=Nn2c(C(C)(C)C)nc3ccc(Br)cc3c2=O)cc1I)C(=O)O. The van der Waals surface area contributed by atoms with Gasteiger partial charge in [-0.05, 0) is 71.5 Å². The number of fused-ring (bicyclic) bond motifs is 1. The van der Waals surface area contributed by atoms with Crippen molar-refractivity contribution in [1.82, 2.24) is 9.66 Å². The van der Waals surface area contributed by atoms with Gasteiger partial charge in [0.2, 0.25) is 0 Å². The number of carboxylic acids is 1. The van der Waals surface area contributed by atoms with Crippen molar-refractivity contribution in [3.63, 3.8) is 0 Å². The van der Waals surface area contributed by atoms with E-state index in [1.54, 1.807) is 30.5 Å². The summed E-state index contributed by atoms with van der Waals surface area (Å²) in [6.07, 6.45) is 0.623. The normalized spacial score (nSPS) is 13.0. The van der Waals surface area contributed by atoms with Crippen molar-refractivity contribution >= 4 is 61.6 Å². The number of ether oxygens (including phenoxy) is 1. The van der Waals surface area contributed by atoms with Crippen molar-refractivity contribution in [3.8, 4) is 5.75 Å². The molecule has 0 aliphatic rings. The highest BCUT2D eigenvalue weighted by Crippen LogP contribution is 2.24. The molecule has 7 nitrogen and oxygen atoms in total. The lowest BCUT2D eigenvalue weighted by Crippen LogP contribution is -2.29. The van der Waals surface area contributed by atoms with Gasteiger partial charge in [0.05, 0.1) is 20.7 Å². The molecule has 162 valence electrons. The van der Waals surface area contributed by atoms with Crippen LogP contribution in [0.3, 0.4) is 0 Å². The summed E-state index contributed by atoms with van der Waals surface area (Å²) < 4.78 is 8.30. The van der Waals surface area contributed by atoms with Crippen LogP contribution >= 0.6 is 38.5 Å². The largest absolute Gasteiger partial charge is 0.479 e. The fraction of sp³-hybridized carbons (Fsp3) is 0.273. The van der Waals surface area contributed by atoms with E-state index >= 15 is 0 Å². The highest BCUT2D eigenvalue weighted by molar-refractivity contribution is 14.1. The first kappa shape index (κ1) is 23.4. The maximum atomic E-state index is 13.2. The molecule has 1 N–H and O–H groups in total. The van der Waals surface area contributed by atoms with Crippen LogP contribution in [0.2, 0.25) is 0 Å². The number of rotatable bonds is 5. The van der Waals surface area contributed by atoms with Crippen molar-refractivity contribution < 1.29 is 14.6 Å². The zero-order chi connectivity index (χ0) is 22.9. The van der Waals surface area contributed by atoms with Crippen LogP contribution in [0.15, 0.2) is 50.8 Å². The predicted octanol–water partition coefficient (Wildman–Crippen LogP) is 4.80. The summed E-state index contributed by atoms with van der Waals surface area (Å²) >= 11 is 5.47. The first-order valence-corrected chi connectivity index (χ1v) is 11.3. The van der Waals surface area contributed by atoms with E-state index in [0.29, 0.717) is 22.5 Å². The average Bonchev–Trinajstić information content (AvgIpc) is 2.68. The van der Waals surface area contributed by atoms with Gasteiger partial charge in [-0.25, -0.2) is 9.78 Å². The maximum absolute atomic E-state index is 13.2. The fourth-order valence-corrected chi connectivity index (χ4v) is 3.83. The molecule has 0 unspecified atom stereocenters. The number of nitrogens with zero attached hydrogens (tertiary/aromatic N) is 3. The number of halogens is 2. The Balaban J connectivity index is 2.04. The average molecular weight is 598 g/mol. The van der Waals surface area contributed by atoms with E-state index in [-0.39, 0.29) is 5.56 Å². The summed E-state index contributed by atoms with van der Waals surface area (Å²) in [5, 5.41) is 13.9. The van der Waals surface area contributed by atoms with E-state index in [0.717, 1.165) is 13.6 Å². The van der Waals surface area contributed by atoms with Gasteiger partial charge in [-0.15, -0.1) is 0 Å². The Kier molecular flexibility index (Phi) is 6.85. The smallest absolute Gasteiger partial charge is 0.344 e. The van der Waals surface area contributed by atoms with Gasteiger partial charge in [0, 0.05) is 9.89 Å². The van der Waals surface area contributed by atoms with Gasteiger partial charge in [0.15, 0.2) is 6.10 Å². The predicted molar refractivity (Wildman–Crippen MR) is 132 cm³/mol. The zero-order valence-electron chi connectivity index (χ0n) is 17.4. The standard InChI is InChI=1S/C22H21BrIN3O4/c1-12(20(29)30)31-18-8-5-13(9-16(18)24)11-25-27-19(28)15-10-14(23)6-7-17(15)26-21(27)22(2,3)4/h5-12H,1-4H3,(H,29,30)/t12-/m1/s1. The van der Waals surface area contributed by atoms with E-state index in [1.165, 1.54) is 11.6 Å². The molecular formula is C22H21BrIN3O4. The molecule has 0 spiro atoms. The molecule has 0 amide bonds. The minimum absolute atomic E-state index is 0.252. The highest BCUT2D eigenvalue weighted by atomic mass is 127. The molecule has 1 aromatic heterocycles. The molecule has 1 atom stereocenters. The van der Waals surface area contributed by atoms with Crippen molar-refractivity contribution in [2.45, 2.75) is 39.2 Å². The van der Waals surface area contributed by atoms with Gasteiger partial charge in [-0.2, -0.15) is 9.78 Å². The Hall–Kier alpha value is -2.27. The third-order valence-corrected chi connectivity index (χ3v) is 5.75. The summed E-state index contributed by atoms with van der Waals surface area (Å²) in [4.78, 5) is 28.9. The lowest BCUT2D eigenvalue weighted by atomic mass is 9.95. The summed E-state index contributed by atoms with van der Waals surface area (Å²) in [6.45, 7) is 7.40. The second-order valence-electron chi connectivity index (χ2n) is 8.00. The molecule has 0 aliphatic heterocycles. The minimum Gasteiger partial charge on any atom is -0.479 e. The molecule has 31 heavy (non-hydrogen) atoms. The second kappa shape index (κ2) is 9.07. The Morgan fingerprint density at radius 2 is 2.00 bits per heavy atom. The summed E-state index contributed by atoms with van der Waals surface area (Å²) in [6, 6.07) is 10.6. The summed E-state index contributed by atoms with van der Waals surface area (Å²) in [5.41, 5.74) is 0.697. The quantitative estimate of drug-likeness (QED) is 0.337. The van der Waals surface area contributed by atoms with E-state index in [9.17, 15) is 9.59 Å². The first-order chi connectivity index (χ1) is 14.5. The molecular weight excluding hydrogens is 577 g/mol. The highest BCUT2D eigenvalue weighted by Gasteiger charge is 2.23. The number of benzene rings is 2. The molecule has 0 saturated carbocycles. The monoisotopic (exact) mass is 597 g/mol. The van der Waals surface area contributed by atoms with E-state index in [1.807, 2.05) is 32.9 Å². The molecule has 3 aromatic rings. The number of hydrogen-bond donors (Lipinski definition) is 1. The number of carboxylic acid groups (broad SMARTS) is 1. The van der Waals surface area contributed by atoms with Crippen LogP contribution in [-0.2, 0) is 10.2 Å². The minimum atomic E-state index is -1.04. The third-order valence-electron chi connectivity index (χ3n) is 4.41. The summed E-state index contributed by atoms with van der Waals surface area (Å²) in [7, 11) is 0. The molecule has 0 fully saturated rings. The lowest BCUT2D eigenvalue weighted by Gasteiger charge is -2.20. The molecule has 1 heterocycles. The maximum Gasteiger partial charge on any atom is 0.344 e. The summed E-state index contributed by atoms with van der Waals surface area (Å²) in [5.74, 6) is -0.0168. The van der Waals surface area contributed by atoms with Crippen LogP contribution in [0.1, 0.15) is 39.1 Å². The first-order valence-electron chi connectivity index (χ1n) is 9.43. The topological polar surface area (TPSA) is 93.8 Å². The number of aromatic nitrogens is 2. The number of carbonyl (C=O) groups is 1. The van der Waals surface area contributed by atoms with E-state index in [4.69, 9.17) is 14.8 Å².